The van der Waals surface area contributed by atoms with Crippen LogP contribution in [0.15, 0.2) is 85.2 Å². The standard InChI is InChI=1S/C37H36N8O3/c1-3-37(36(47)40-28-9-14-32-31(23-28)34(42-41-32)26-7-12-30(48-2)13-8-26)15-18-43(25-37)24-33(46)45-21-19-44(20-22-45)29-10-5-27(6-11-29)35-38-16-4-17-39-35/h1,4-14,16-17,23H,15,18-22,24-25H2,2H3,(H,40,47)(H,41,42). The minimum Gasteiger partial charge on any atom is -0.497 e. The molecule has 11 nitrogen and oxygen atoms in total. The van der Waals surface area contributed by atoms with E-state index in [2.05, 4.69) is 48.4 Å². The molecule has 1 unspecified atom stereocenters. The molecule has 2 amide bonds. The van der Waals surface area contributed by atoms with Crippen LogP contribution in [0.25, 0.3) is 33.5 Å². The number of aromatic amines is 1. The summed E-state index contributed by atoms with van der Waals surface area (Å²) >= 11 is 0. The first-order valence-corrected chi connectivity index (χ1v) is 16.0. The Morgan fingerprint density at radius 3 is 2.40 bits per heavy atom. The molecule has 4 heterocycles. The van der Waals surface area contributed by atoms with Gasteiger partial charge in [0.2, 0.25) is 11.8 Å². The van der Waals surface area contributed by atoms with Crippen LogP contribution in [0.2, 0.25) is 0 Å². The summed E-state index contributed by atoms with van der Waals surface area (Å²) in [6.45, 7) is 3.87. The number of anilines is 2. The zero-order chi connectivity index (χ0) is 33.1. The van der Waals surface area contributed by atoms with E-state index < -0.39 is 5.41 Å². The number of fused-ring (bicyclic) bond motifs is 1. The second kappa shape index (κ2) is 13.2. The number of carbonyl (C=O) groups is 2. The third kappa shape index (κ3) is 6.18. The summed E-state index contributed by atoms with van der Waals surface area (Å²) in [6, 6.07) is 23.3. The van der Waals surface area contributed by atoms with Crippen LogP contribution >= 0.6 is 0 Å². The lowest BCUT2D eigenvalue weighted by Crippen LogP contribution is -2.51. The van der Waals surface area contributed by atoms with Crippen molar-refractivity contribution in [1.82, 2.24) is 30.0 Å². The molecule has 1 atom stereocenters. The van der Waals surface area contributed by atoms with Gasteiger partial charge in [0.25, 0.3) is 0 Å². The summed E-state index contributed by atoms with van der Waals surface area (Å²) < 4.78 is 5.28. The van der Waals surface area contributed by atoms with E-state index in [0.29, 0.717) is 44.1 Å². The Bertz CT molecular complexity index is 1960. The smallest absolute Gasteiger partial charge is 0.244 e. The minimum atomic E-state index is -1.03. The van der Waals surface area contributed by atoms with Crippen molar-refractivity contribution in [3.8, 4) is 40.7 Å². The van der Waals surface area contributed by atoms with E-state index in [1.54, 1.807) is 25.6 Å². The molecule has 0 aliphatic carbocycles. The lowest BCUT2D eigenvalue weighted by atomic mass is 9.87. The van der Waals surface area contributed by atoms with E-state index in [1.165, 1.54) is 0 Å². The second-order valence-corrected chi connectivity index (χ2v) is 12.2. The fourth-order valence-corrected chi connectivity index (χ4v) is 6.48. The molecule has 2 aliphatic rings. The monoisotopic (exact) mass is 640 g/mol. The Morgan fingerprint density at radius 1 is 0.958 bits per heavy atom. The molecule has 2 fully saturated rings. The van der Waals surface area contributed by atoms with Gasteiger partial charge in [-0.1, -0.05) is 5.92 Å². The first-order valence-electron chi connectivity index (χ1n) is 16.0. The number of H-pyrrole nitrogens is 1. The van der Waals surface area contributed by atoms with Crippen molar-refractivity contribution in [1.29, 1.82) is 0 Å². The molecule has 2 N–H and O–H groups in total. The number of terminal acetylenes is 1. The van der Waals surface area contributed by atoms with Gasteiger partial charge < -0.3 is 19.9 Å². The van der Waals surface area contributed by atoms with Crippen LogP contribution in [0.4, 0.5) is 11.4 Å². The molecule has 0 bridgehead atoms. The Labute approximate surface area is 278 Å². The summed E-state index contributed by atoms with van der Waals surface area (Å²) in [7, 11) is 1.63. The van der Waals surface area contributed by atoms with E-state index >= 15 is 0 Å². The molecule has 0 radical (unpaired) electrons. The van der Waals surface area contributed by atoms with Crippen molar-refractivity contribution in [2.75, 3.05) is 63.1 Å². The molecule has 5 aromatic rings. The van der Waals surface area contributed by atoms with E-state index in [1.807, 2.05) is 64.4 Å². The number of benzene rings is 3. The Kier molecular flexibility index (Phi) is 8.48. The van der Waals surface area contributed by atoms with Gasteiger partial charge in [0.1, 0.15) is 11.2 Å². The predicted octanol–water partition coefficient (Wildman–Crippen LogP) is 4.31. The number of hydrogen-bond donors (Lipinski definition) is 2. The number of amides is 2. The fourth-order valence-electron chi connectivity index (χ4n) is 6.48. The van der Waals surface area contributed by atoms with Crippen LogP contribution in [-0.4, -0.2) is 94.7 Å². The summed E-state index contributed by atoms with van der Waals surface area (Å²) in [4.78, 5) is 41.8. The molecule has 3 aromatic carbocycles. The number of carbonyl (C=O) groups excluding carboxylic acids is 2. The highest BCUT2D eigenvalue weighted by Crippen LogP contribution is 2.34. The molecule has 242 valence electrons. The molecular weight excluding hydrogens is 604 g/mol. The van der Waals surface area contributed by atoms with Crippen molar-refractivity contribution in [2.24, 2.45) is 5.41 Å². The Balaban J connectivity index is 0.941. The first kappa shape index (κ1) is 30.9. The maximum atomic E-state index is 13.6. The summed E-state index contributed by atoms with van der Waals surface area (Å²) in [5, 5.41) is 11.5. The van der Waals surface area contributed by atoms with Crippen molar-refractivity contribution >= 4 is 34.1 Å². The topological polar surface area (TPSA) is 120 Å². The Hall–Kier alpha value is -5.73. The molecule has 2 aromatic heterocycles. The van der Waals surface area contributed by atoms with Gasteiger partial charge in [-0.25, -0.2) is 9.97 Å². The van der Waals surface area contributed by atoms with Crippen molar-refractivity contribution < 1.29 is 14.3 Å². The number of piperazine rings is 1. The van der Waals surface area contributed by atoms with Gasteiger partial charge >= 0.3 is 0 Å². The van der Waals surface area contributed by atoms with Crippen molar-refractivity contribution in [3.05, 3.63) is 85.2 Å². The summed E-state index contributed by atoms with van der Waals surface area (Å²) in [5.41, 5.74) is 4.24. The molecule has 11 heteroatoms. The van der Waals surface area contributed by atoms with Crippen LogP contribution in [0, 0.1) is 17.8 Å². The van der Waals surface area contributed by atoms with Gasteiger partial charge in [-0.15, -0.1) is 6.42 Å². The molecule has 2 saturated heterocycles. The van der Waals surface area contributed by atoms with Crippen LogP contribution in [-0.2, 0) is 9.59 Å². The maximum absolute atomic E-state index is 13.6. The van der Waals surface area contributed by atoms with Gasteiger partial charge in [0.15, 0.2) is 5.82 Å². The van der Waals surface area contributed by atoms with Crippen molar-refractivity contribution in [2.45, 2.75) is 6.42 Å². The van der Waals surface area contributed by atoms with Gasteiger partial charge in [-0.05, 0) is 79.2 Å². The van der Waals surface area contributed by atoms with Crippen LogP contribution in [0.1, 0.15) is 6.42 Å². The zero-order valence-corrected chi connectivity index (χ0v) is 26.7. The van der Waals surface area contributed by atoms with Crippen molar-refractivity contribution in [3.63, 3.8) is 0 Å². The highest BCUT2D eigenvalue weighted by atomic mass is 16.5. The van der Waals surface area contributed by atoms with E-state index in [-0.39, 0.29) is 18.4 Å². The third-order valence-corrected chi connectivity index (χ3v) is 9.29. The molecular formula is C37H36N8O3. The number of rotatable bonds is 8. The highest BCUT2D eigenvalue weighted by molar-refractivity contribution is 6.01. The number of aromatic nitrogens is 4. The lowest BCUT2D eigenvalue weighted by Gasteiger charge is -2.37. The fraction of sp³-hybridized carbons (Fsp3) is 0.270. The maximum Gasteiger partial charge on any atom is 0.244 e. The largest absolute Gasteiger partial charge is 0.497 e. The number of nitrogens with zero attached hydrogens (tertiary/aromatic N) is 6. The van der Waals surface area contributed by atoms with Gasteiger partial charge in [0, 0.05) is 79.6 Å². The third-order valence-electron chi connectivity index (χ3n) is 9.29. The SMILES string of the molecule is C#CC1(C(=O)Nc2ccc3[nH]nc(-c4ccc(OC)cc4)c3c2)CCN(CC(=O)N2CCN(c3ccc(-c4ncccn4)cc3)CC2)C1. The number of nitrogens with one attached hydrogen (secondary N) is 2. The average Bonchev–Trinajstić information content (AvgIpc) is 3.77. The molecule has 48 heavy (non-hydrogen) atoms. The molecule has 0 spiro atoms. The molecule has 0 saturated carbocycles. The Morgan fingerprint density at radius 2 is 1.69 bits per heavy atom. The van der Waals surface area contributed by atoms with Gasteiger partial charge in [0.05, 0.1) is 24.9 Å². The second-order valence-electron chi connectivity index (χ2n) is 12.2. The van der Waals surface area contributed by atoms with Crippen LogP contribution < -0.4 is 15.0 Å². The number of hydrogen-bond acceptors (Lipinski definition) is 8. The van der Waals surface area contributed by atoms with Crippen LogP contribution in [0.3, 0.4) is 0 Å². The van der Waals surface area contributed by atoms with E-state index in [0.717, 1.165) is 52.3 Å². The zero-order valence-electron chi connectivity index (χ0n) is 26.7. The number of ether oxygens (including phenoxy) is 1. The number of likely N-dealkylation sites (tertiary alicyclic amines) is 1. The molecule has 2 aliphatic heterocycles. The normalized spacial score (nSPS) is 18.1. The minimum absolute atomic E-state index is 0.0518. The average molecular weight is 641 g/mol. The van der Waals surface area contributed by atoms with Crippen LogP contribution in [0.5, 0.6) is 5.75 Å². The van der Waals surface area contributed by atoms with Gasteiger partial charge in [-0.2, -0.15) is 5.10 Å². The summed E-state index contributed by atoms with van der Waals surface area (Å²) in [5.74, 6) is 4.04. The lowest BCUT2D eigenvalue weighted by molar-refractivity contribution is -0.133. The van der Waals surface area contributed by atoms with E-state index in [9.17, 15) is 9.59 Å². The van der Waals surface area contributed by atoms with E-state index in [4.69, 9.17) is 11.2 Å². The predicted molar refractivity (Wildman–Crippen MR) is 185 cm³/mol. The van der Waals surface area contributed by atoms with Gasteiger partial charge in [-0.3, -0.25) is 19.6 Å². The summed E-state index contributed by atoms with van der Waals surface area (Å²) in [6.07, 6.45) is 9.95. The highest BCUT2D eigenvalue weighted by Gasteiger charge is 2.44. The number of methoxy groups -OCH3 is 1. The first-order chi connectivity index (χ1) is 23.4. The molecule has 7 rings (SSSR count). The quantitative estimate of drug-likeness (QED) is 0.241.